The van der Waals surface area contributed by atoms with Crippen LogP contribution in [0.5, 0.6) is 0 Å². The molecule has 0 saturated carbocycles. The Morgan fingerprint density at radius 1 is 1.27 bits per heavy atom. The lowest BCUT2D eigenvalue weighted by Crippen LogP contribution is -2.53. The fourth-order valence-electron chi connectivity index (χ4n) is 1.82. The Morgan fingerprint density at radius 2 is 1.93 bits per heavy atom. The minimum Gasteiger partial charge on any atom is -0.310 e. The Kier molecular flexibility index (Phi) is 2.73. The number of amides is 1. The number of benzene rings is 1. The van der Waals surface area contributed by atoms with Crippen molar-refractivity contribution in [2.24, 2.45) is 0 Å². The zero-order valence-corrected chi connectivity index (χ0v) is 9.18. The van der Waals surface area contributed by atoms with Crippen LogP contribution >= 0.6 is 0 Å². The predicted molar refractivity (Wildman–Crippen MR) is 60.9 cm³/mol. The standard InChI is InChI=1S/C12H16N2O/c1-10-8-14(12(15)9-13(10)2)11-6-4-3-5-7-11/h3-7,10H,8-9H2,1-2H3. The summed E-state index contributed by atoms with van der Waals surface area (Å²) in [6.07, 6.45) is 0. The molecular formula is C12H16N2O. The Hall–Kier alpha value is -1.35. The first-order chi connectivity index (χ1) is 7.18. The van der Waals surface area contributed by atoms with E-state index in [1.165, 1.54) is 0 Å². The number of rotatable bonds is 1. The average molecular weight is 204 g/mol. The zero-order chi connectivity index (χ0) is 10.8. The summed E-state index contributed by atoms with van der Waals surface area (Å²) in [5.74, 6) is 0.182. The molecule has 1 unspecified atom stereocenters. The van der Waals surface area contributed by atoms with Gasteiger partial charge in [0.25, 0.3) is 0 Å². The third-order valence-corrected chi connectivity index (χ3v) is 2.95. The van der Waals surface area contributed by atoms with Crippen LogP contribution in [0.15, 0.2) is 30.3 Å². The maximum Gasteiger partial charge on any atom is 0.241 e. The van der Waals surface area contributed by atoms with E-state index < -0.39 is 0 Å². The molecule has 0 radical (unpaired) electrons. The first-order valence-electron chi connectivity index (χ1n) is 5.24. The third-order valence-electron chi connectivity index (χ3n) is 2.95. The molecule has 0 bridgehead atoms. The van der Waals surface area contributed by atoms with E-state index in [-0.39, 0.29) is 5.91 Å². The van der Waals surface area contributed by atoms with Gasteiger partial charge >= 0.3 is 0 Å². The molecule has 0 aromatic heterocycles. The SMILES string of the molecule is CC1CN(c2ccccc2)C(=O)CN1C. The maximum absolute atomic E-state index is 11.8. The molecule has 1 saturated heterocycles. The largest absolute Gasteiger partial charge is 0.310 e. The van der Waals surface area contributed by atoms with Crippen LogP contribution < -0.4 is 4.90 Å². The van der Waals surface area contributed by atoms with Crippen LogP contribution in [0.4, 0.5) is 5.69 Å². The minimum atomic E-state index is 0.182. The number of hydrogen-bond acceptors (Lipinski definition) is 2. The molecule has 1 fully saturated rings. The molecule has 3 heteroatoms. The van der Waals surface area contributed by atoms with Crippen molar-refractivity contribution >= 4 is 11.6 Å². The molecule has 2 rings (SSSR count). The first kappa shape index (κ1) is 10.2. The number of anilines is 1. The highest BCUT2D eigenvalue weighted by Crippen LogP contribution is 2.18. The van der Waals surface area contributed by atoms with E-state index in [0.29, 0.717) is 12.6 Å². The van der Waals surface area contributed by atoms with Crippen molar-refractivity contribution in [3.05, 3.63) is 30.3 Å². The fourth-order valence-corrected chi connectivity index (χ4v) is 1.82. The Bertz CT molecular complexity index is 350. The van der Waals surface area contributed by atoms with Gasteiger partial charge in [-0.15, -0.1) is 0 Å². The number of carbonyl (C=O) groups is 1. The molecule has 1 amide bonds. The van der Waals surface area contributed by atoms with E-state index in [1.807, 2.05) is 42.3 Å². The molecule has 1 aromatic carbocycles. The van der Waals surface area contributed by atoms with Crippen molar-refractivity contribution in [1.29, 1.82) is 0 Å². The molecule has 1 atom stereocenters. The lowest BCUT2D eigenvalue weighted by Gasteiger charge is -2.37. The highest BCUT2D eigenvalue weighted by atomic mass is 16.2. The highest BCUT2D eigenvalue weighted by molar-refractivity contribution is 5.95. The average Bonchev–Trinajstić information content (AvgIpc) is 2.25. The van der Waals surface area contributed by atoms with Crippen molar-refractivity contribution < 1.29 is 4.79 Å². The van der Waals surface area contributed by atoms with Gasteiger partial charge in [0.1, 0.15) is 0 Å². The summed E-state index contributed by atoms with van der Waals surface area (Å²) in [5, 5.41) is 0. The molecule has 3 nitrogen and oxygen atoms in total. The van der Waals surface area contributed by atoms with Gasteiger partial charge in [-0.2, -0.15) is 0 Å². The van der Waals surface area contributed by atoms with Gasteiger partial charge in [-0.3, -0.25) is 9.69 Å². The topological polar surface area (TPSA) is 23.6 Å². The molecule has 0 aliphatic carbocycles. The lowest BCUT2D eigenvalue weighted by molar-refractivity contribution is -0.121. The second kappa shape index (κ2) is 4.03. The van der Waals surface area contributed by atoms with Crippen molar-refractivity contribution in [1.82, 2.24) is 4.90 Å². The van der Waals surface area contributed by atoms with Gasteiger partial charge in [0.15, 0.2) is 0 Å². The number of piperazine rings is 1. The highest BCUT2D eigenvalue weighted by Gasteiger charge is 2.27. The van der Waals surface area contributed by atoms with Crippen LogP contribution in [0, 0.1) is 0 Å². The molecule has 1 aromatic rings. The second-order valence-corrected chi connectivity index (χ2v) is 4.10. The van der Waals surface area contributed by atoms with Crippen molar-refractivity contribution in [2.75, 3.05) is 25.0 Å². The summed E-state index contributed by atoms with van der Waals surface area (Å²) >= 11 is 0. The molecular weight excluding hydrogens is 188 g/mol. The van der Waals surface area contributed by atoms with Gasteiger partial charge < -0.3 is 4.90 Å². The second-order valence-electron chi connectivity index (χ2n) is 4.10. The van der Waals surface area contributed by atoms with Crippen molar-refractivity contribution in [3.8, 4) is 0 Å². The molecule has 1 aliphatic rings. The molecule has 80 valence electrons. The van der Waals surface area contributed by atoms with Gasteiger partial charge in [0.2, 0.25) is 5.91 Å². The summed E-state index contributed by atoms with van der Waals surface area (Å²) in [6.45, 7) is 3.43. The van der Waals surface area contributed by atoms with Crippen molar-refractivity contribution in [3.63, 3.8) is 0 Å². The van der Waals surface area contributed by atoms with Crippen LogP contribution in [0.1, 0.15) is 6.92 Å². The Labute approximate surface area is 90.3 Å². The van der Waals surface area contributed by atoms with E-state index in [2.05, 4.69) is 11.8 Å². The maximum atomic E-state index is 11.8. The zero-order valence-electron chi connectivity index (χ0n) is 9.18. The molecule has 1 heterocycles. The lowest BCUT2D eigenvalue weighted by atomic mass is 10.1. The summed E-state index contributed by atoms with van der Waals surface area (Å²) in [6, 6.07) is 10.3. The van der Waals surface area contributed by atoms with E-state index in [4.69, 9.17) is 0 Å². The van der Waals surface area contributed by atoms with E-state index in [9.17, 15) is 4.79 Å². The summed E-state index contributed by atoms with van der Waals surface area (Å²) in [5.41, 5.74) is 1.00. The van der Waals surface area contributed by atoms with Gasteiger partial charge in [0.05, 0.1) is 6.54 Å². The van der Waals surface area contributed by atoms with Gasteiger partial charge in [0, 0.05) is 18.3 Å². The summed E-state index contributed by atoms with van der Waals surface area (Å²) < 4.78 is 0. The first-order valence-corrected chi connectivity index (χ1v) is 5.24. The predicted octanol–water partition coefficient (Wildman–Crippen LogP) is 1.35. The number of nitrogens with zero attached hydrogens (tertiary/aromatic N) is 2. The van der Waals surface area contributed by atoms with Crippen LogP contribution in [-0.2, 0) is 4.79 Å². The van der Waals surface area contributed by atoms with E-state index >= 15 is 0 Å². The van der Waals surface area contributed by atoms with Gasteiger partial charge in [-0.05, 0) is 26.1 Å². The molecule has 1 aliphatic heterocycles. The van der Waals surface area contributed by atoms with Crippen LogP contribution in [0.3, 0.4) is 0 Å². The molecule has 0 spiro atoms. The number of para-hydroxylation sites is 1. The third kappa shape index (κ3) is 2.02. The summed E-state index contributed by atoms with van der Waals surface area (Å²) in [7, 11) is 1.99. The van der Waals surface area contributed by atoms with Gasteiger partial charge in [-0.1, -0.05) is 18.2 Å². The van der Waals surface area contributed by atoms with Crippen LogP contribution in [-0.4, -0.2) is 37.0 Å². The number of carbonyl (C=O) groups excluding carboxylic acids is 1. The number of likely N-dealkylation sites (N-methyl/N-ethyl adjacent to an activating group) is 1. The van der Waals surface area contributed by atoms with E-state index in [0.717, 1.165) is 12.2 Å². The minimum absolute atomic E-state index is 0.182. The van der Waals surface area contributed by atoms with Gasteiger partial charge in [-0.25, -0.2) is 0 Å². The molecule has 15 heavy (non-hydrogen) atoms. The quantitative estimate of drug-likeness (QED) is 0.689. The fraction of sp³-hybridized carbons (Fsp3) is 0.417. The normalized spacial score (nSPS) is 23.2. The Balaban J connectivity index is 2.20. The summed E-state index contributed by atoms with van der Waals surface area (Å²) in [4.78, 5) is 15.8. The Morgan fingerprint density at radius 3 is 2.60 bits per heavy atom. The van der Waals surface area contributed by atoms with Crippen LogP contribution in [0.2, 0.25) is 0 Å². The number of hydrogen-bond donors (Lipinski definition) is 0. The molecule has 0 N–H and O–H groups in total. The monoisotopic (exact) mass is 204 g/mol. The van der Waals surface area contributed by atoms with E-state index in [1.54, 1.807) is 0 Å². The van der Waals surface area contributed by atoms with Crippen molar-refractivity contribution in [2.45, 2.75) is 13.0 Å². The smallest absolute Gasteiger partial charge is 0.241 e. The van der Waals surface area contributed by atoms with Crippen LogP contribution in [0.25, 0.3) is 0 Å².